The molecule has 3 aliphatic rings. The Balaban J connectivity index is 1.37. The monoisotopic (exact) mass is 419 g/mol. The Morgan fingerprint density at radius 1 is 0.966 bits per heavy atom. The van der Waals surface area contributed by atoms with Crippen LogP contribution in [0.15, 0.2) is 29.2 Å². The zero-order chi connectivity index (χ0) is 20.4. The van der Waals surface area contributed by atoms with Gasteiger partial charge in [-0.2, -0.15) is 4.31 Å². The molecule has 4 rings (SSSR count). The van der Waals surface area contributed by atoms with Gasteiger partial charge in [0.25, 0.3) is 0 Å². The Hall–Kier alpha value is -1.93. The summed E-state index contributed by atoms with van der Waals surface area (Å²) >= 11 is 0. The van der Waals surface area contributed by atoms with E-state index in [4.69, 9.17) is 0 Å². The second kappa shape index (κ2) is 8.44. The molecule has 0 bridgehead atoms. The minimum absolute atomic E-state index is 0.0732. The number of benzene rings is 1. The molecule has 0 spiro atoms. The van der Waals surface area contributed by atoms with Crippen LogP contribution in [0.3, 0.4) is 0 Å². The molecule has 1 saturated carbocycles. The quantitative estimate of drug-likeness (QED) is 0.795. The summed E-state index contributed by atoms with van der Waals surface area (Å²) in [6, 6.07) is 6.60. The van der Waals surface area contributed by atoms with Crippen LogP contribution in [-0.2, 0) is 19.6 Å². The van der Waals surface area contributed by atoms with Crippen LogP contribution in [0.5, 0.6) is 0 Å². The number of rotatable bonds is 5. The number of hydrogen-bond acceptors (Lipinski definition) is 4. The number of likely N-dealkylation sites (tertiary alicyclic amines) is 1. The van der Waals surface area contributed by atoms with Crippen molar-refractivity contribution in [2.24, 2.45) is 5.92 Å². The van der Waals surface area contributed by atoms with Crippen LogP contribution in [0.4, 0.5) is 5.69 Å². The fourth-order valence-electron chi connectivity index (χ4n) is 4.68. The first-order chi connectivity index (χ1) is 13.9. The first-order valence-electron chi connectivity index (χ1n) is 10.7. The molecule has 2 saturated heterocycles. The summed E-state index contributed by atoms with van der Waals surface area (Å²) in [5.74, 6) is -0.451. The van der Waals surface area contributed by atoms with Crippen molar-refractivity contribution in [1.82, 2.24) is 9.21 Å². The molecule has 1 aromatic rings. The Labute approximate surface area is 172 Å². The van der Waals surface area contributed by atoms with Crippen LogP contribution < -0.4 is 5.32 Å². The molecule has 158 valence electrons. The molecule has 1 aromatic carbocycles. The molecule has 1 aliphatic carbocycles. The van der Waals surface area contributed by atoms with E-state index >= 15 is 0 Å². The minimum atomic E-state index is -3.46. The molecular formula is C21H29N3O4S. The molecule has 0 radical (unpaired) electrons. The Bertz CT molecular complexity index is 856. The van der Waals surface area contributed by atoms with E-state index in [-0.39, 0.29) is 35.1 Å². The van der Waals surface area contributed by atoms with E-state index in [0.29, 0.717) is 25.3 Å². The molecule has 2 heterocycles. The molecule has 7 nitrogen and oxygen atoms in total. The van der Waals surface area contributed by atoms with E-state index < -0.39 is 10.0 Å². The molecule has 2 amide bonds. The number of anilines is 1. The average molecular weight is 420 g/mol. The van der Waals surface area contributed by atoms with Gasteiger partial charge >= 0.3 is 0 Å². The second-order valence-corrected chi connectivity index (χ2v) is 10.3. The van der Waals surface area contributed by atoms with Crippen molar-refractivity contribution in [3.63, 3.8) is 0 Å². The Kier molecular flexibility index (Phi) is 5.92. The lowest BCUT2D eigenvalue weighted by Gasteiger charge is -2.31. The maximum Gasteiger partial charge on any atom is 0.243 e. The highest BCUT2D eigenvalue weighted by molar-refractivity contribution is 7.89. The largest absolute Gasteiger partial charge is 0.339 e. The first-order valence-corrected chi connectivity index (χ1v) is 12.1. The SMILES string of the molecule is O=C(Nc1ccc(S(=O)(=O)N2CCCC2)cc1)[C@H]1CC(=O)N(C2CCCCC2)C1. The van der Waals surface area contributed by atoms with Crippen LogP contribution in [0.1, 0.15) is 51.4 Å². The van der Waals surface area contributed by atoms with Crippen molar-refractivity contribution in [2.45, 2.75) is 62.3 Å². The zero-order valence-electron chi connectivity index (χ0n) is 16.7. The summed E-state index contributed by atoms with van der Waals surface area (Å²) in [4.78, 5) is 27.2. The highest BCUT2D eigenvalue weighted by Crippen LogP contribution is 2.29. The number of hydrogen-bond donors (Lipinski definition) is 1. The molecule has 8 heteroatoms. The van der Waals surface area contributed by atoms with Crippen LogP contribution in [-0.4, -0.2) is 55.1 Å². The standard InChI is InChI=1S/C21H29N3O4S/c25-20-14-16(15-24(20)18-6-2-1-3-7-18)21(26)22-17-8-10-19(11-9-17)29(27,28)23-12-4-5-13-23/h8-11,16,18H,1-7,12-15H2,(H,22,26)/t16-/m0/s1. The van der Waals surface area contributed by atoms with Crippen LogP contribution in [0, 0.1) is 5.92 Å². The van der Waals surface area contributed by atoms with Crippen LogP contribution in [0.25, 0.3) is 0 Å². The predicted molar refractivity (Wildman–Crippen MR) is 110 cm³/mol. The number of sulfonamides is 1. The fourth-order valence-corrected chi connectivity index (χ4v) is 6.20. The van der Waals surface area contributed by atoms with Crippen molar-refractivity contribution in [1.29, 1.82) is 0 Å². The zero-order valence-corrected chi connectivity index (χ0v) is 17.5. The van der Waals surface area contributed by atoms with Crippen LogP contribution >= 0.6 is 0 Å². The summed E-state index contributed by atoms with van der Waals surface area (Å²) in [6.45, 7) is 1.61. The van der Waals surface area contributed by atoms with Gasteiger partial charge in [0.2, 0.25) is 21.8 Å². The lowest BCUT2D eigenvalue weighted by Crippen LogP contribution is -2.38. The summed E-state index contributed by atoms with van der Waals surface area (Å²) in [5.41, 5.74) is 0.555. The molecule has 1 atom stereocenters. The topological polar surface area (TPSA) is 86.8 Å². The van der Waals surface area contributed by atoms with E-state index in [2.05, 4.69) is 5.32 Å². The molecular weight excluding hydrogens is 390 g/mol. The highest BCUT2D eigenvalue weighted by Gasteiger charge is 2.38. The van der Waals surface area contributed by atoms with Gasteiger partial charge in [-0.3, -0.25) is 9.59 Å². The van der Waals surface area contributed by atoms with E-state index in [9.17, 15) is 18.0 Å². The van der Waals surface area contributed by atoms with Crippen molar-refractivity contribution in [2.75, 3.05) is 25.0 Å². The van der Waals surface area contributed by atoms with Crippen molar-refractivity contribution < 1.29 is 18.0 Å². The van der Waals surface area contributed by atoms with E-state index in [1.54, 1.807) is 12.1 Å². The normalized spacial score (nSPS) is 24.2. The lowest BCUT2D eigenvalue weighted by atomic mass is 9.94. The Morgan fingerprint density at radius 2 is 1.62 bits per heavy atom. The maximum atomic E-state index is 12.7. The highest BCUT2D eigenvalue weighted by atomic mass is 32.2. The third kappa shape index (κ3) is 4.33. The van der Waals surface area contributed by atoms with Crippen molar-refractivity contribution in [3.8, 4) is 0 Å². The average Bonchev–Trinajstić information content (AvgIpc) is 3.39. The van der Waals surface area contributed by atoms with Gasteiger partial charge in [0.1, 0.15) is 0 Å². The summed E-state index contributed by atoms with van der Waals surface area (Å²) in [6.07, 6.45) is 7.64. The number of amides is 2. The third-order valence-corrected chi connectivity index (χ3v) is 8.28. The maximum absolute atomic E-state index is 12.7. The third-order valence-electron chi connectivity index (χ3n) is 6.37. The van der Waals surface area contributed by atoms with Gasteiger partial charge in [-0.1, -0.05) is 19.3 Å². The molecule has 0 aromatic heterocycles. The van der Waals surface area contributed by atoms with Gasteiger partial charge in [0.15, 0.2) is 0 Å². The van der Waals surface area contributed by atoms with Gasteiger partial charge in [-0.15, -0.1) is 0 Å². The molecule has 2 aliphatic heterocycles. The van der Waals surface area contributed by atoms with Crippen molar-refractivity contribution in [3.05, 3.63) is 24.3 Å². The van der Waals surface area contributed by atoms with Gasteiger partial charge in [0.05, 0.1) is 10.8 Å². The number of nitrogens with zero attached hydrogens (tertiary/aromatic N) is 2. The fraction of sp³-hybridized carbons (Fsp3) is 0.619. The number of nitrogens with one attached hydrogen (secondary N) is 1. The number of carbonyl (C=O) groups is 2. The predicted octanol–water partition coefficient (Wildman–Crippen LogP) is 2.59. The first kappa shape index (κ1) is 20.3. The van der Waals surface area contributed by atoms with Crippen molar-refractivity contribution >= 4 is 27.5 Å². The minimum Gasteiger partial charge on any atom is -0.339 e. The molecule has 1 N–H and O–H groups in total. The second-order valence-electron chi connectivity index (χ2n) is 8.36. The summed E-state index contributed by atoms with van der Waals surface area (Å²) < 4.78 is 26.7. The van der Waals surface area contributed by atoms with Gasteiger partial charge < -0.3 is 10.2 Å². The van der Waals surface area contributed by atoms with E-state index in [1.807, 2.05) is 4.90 Å². The lowest BCUT2D eigenvalue weighted by molar-refractivity contribution is -0.130. The summed E-state index contributed by atoms with van der Waals surface area (Å²) in [7, 11) is -3.46. The smallest absolute Gasteiger partial charge is 0.243 e. The van der Waals surface area contributed by atoms with E-state index in [0.717, 1.165) is 38.5 Å². The summed E-state index contributed by atoms with van der Waals surface area (Å²) in [5, 5.41) is 2.85. The van der Waals surface area contributed by atoms with Gasteiger partial charge in [-0.05, 0) is 49.9 Å². The molecule has 29 heavy (non-hydrogen) atoms. The Morgan fingerprint density at radius 3 is 2.28 bits per heavy atom. The van der Waals surface area contributed by atoms with Crippen LogP contribution in [0.2, 0.25) is 0 Å². The van der Waals surface area contributed by atoms with Gasteiger partial charge in [0, 0.05) is 37.8 Å². The molecule has 3 fully saturated rings. The van der Waals surface area contributed by atoms with E-state index in [1.165, 1.54) is 22.9 Å². The molecule has 0 unspecified atom stereocenters. The number of carbonyl (C=O) groups excluding carboxylic acids is 2. The van der Waals surface area contributed by atoms with Gasteiger partial charge in [-0.25, -0.2) is 8.42 Å².